The highest BCUT2D eigenvalue weighted by molar-refractivity contribution is 5.76. The van der Waals surface area contributed by atoms with Crippen molar-refractivity contribution in [3.8, 4) is 0 Å². The first-order valence-electron chi connectivity index (χ1n) is 3.73. The summed E-state index contributed by atoms with van der Waals surface area (Å²) in [5.74, 6) is -1.78. The molecule has 5 nitrogen and oxygen atoms in total. The van der Waals surface area contributed by atoms with E-state index in [1.165, 1.54) is 0 Å². The molecule has 1 amide bonds. The molecule has 0 aliphatic rings. The summed E-state index contributed by atoms with van der Waals surface area (Å²) in [4.78, 5) is 20.8. The molecule has 0 heterocycles. The van der Waals surface area contributed by atoms with Gasteiger partial charge in [-0.05, 0) is 12.8 Å². The molecule has 0 saturated heterocycles. The topological polar surface area (TPSA) is 106 Å². The van der Waals surface area contributed by atoms with Gasteiger partial charge in [-0.2, -0.15) is 0 Å². The van der Waals surface area contributed by atoms with Crippen LogP contribution in [0.3, 0.4) is 0 Å². The first-order chi connectivity index (χ1) is 5.45. The molecule has 12 heavy (non-hydrogen) atoms. The van der Waals surface area contributed by atoms with Gasteiger partial charge in [-0.1, -0.05) is 6.92 Å². The van der Waals surface area contributed by atoms with Crippen molar-refractivity contribution in [1.29, 1.82) is 0 Å². The standard InChI is InChI=1S/C7H14N2O3/c1-4(6(9)10)2-3-5(8)7(11)12/h4-5H,2-3,8H2,1H3,(H2,9,10)(H,11,12). The highest BCUT2D eigenvalue weighted by atomic mass is 16.4. The van der Waals surface area contributed by atoms with Gasteiger partial charge < -0.3 is 16.6 Å². The minimum atomic E-state index is -1.05. The van der Waals surface area contributed by atoms with Gasteiger partial charge in [0.1, 0.15) is 6.04 Å². The number of carboxylic acid groups (broad SMARTS) is 1. The van der Waals surface area contributed by atoms with Crippen molar-refractivity contribution in [2.75, 3.05) is 0 Å². The quantitative estimate of drug-likeness (QED) is 0.512. The lowest BCUT2D eigenvalue weighted by Crippen LogP contribution is -2.31. The van der Waals surface area contributed by atoms with Crippen molar-refractivity contribution < 1.29 is 14.7 Å². The van der Waals surface area contributed by atoms with Crippen LogP contribution < -0.4 is 11.5 Å². The molecule has 0 saturated carbocycles. The number of hydrogen-bond donors (Lipinski definition) is 3. The van der Waals surface area contributed by atoms with E-state index in [0.717, 1.165) is 0 Å². The Morgan fingerprint density at radius 2 is 1.92 bits per heavy atom. The second kappa shape index (κ2) is 4.71. The van der Waals surface area contributed by atoms with Gasteiger partial charge in [0.25, 0.3) is 0 Å². The molecule has 0 aromatic heterocycles. The number of rotatable bonds is 5. The molecule has 70 valence electrons. The number of carbonyl (C=O) groups excluding carboxylic acids is 1. The van der Waals surface area contributed by atoms with Crippen molar-refractivity contribution >= 4 is 11.9 Å². The smallest absolute Gasteiger partial charge is 0.320 e. The van der Waals surface area contributed by atoms with E-state index in [-0.39, 0.29) is 12.3 Å². The number of aliphatic carboxylic acids is 1. The molecular formula is C7H14N2O3. The average Bonchev–Trinajstić information content (AvgIpc) is 1.98. The molecule has 0 aromatic carbocycles. The monoisotopic (exact) mass is 174 g/mol. The Morgan fingerprint density at radius 1 is 1.42 bits per heavy atom. The van der Waals surface area contributed by atoms with Crippen molar-refractivity contribution in [3.05, 3.63) is 0 Å². The number of carbonyl (C=O) groups is 2. The third-order valence-corrected chi connectivity index (χ3v) is 1.71. The van der Waals surface area contributed by atoms with E-state index in [0.29, 0.717) is 6.42 Å². The van der Waals surface area contributed by atoms with E-state index < -0.39 is 17.9 Å². The first-order valence-corrected chi connectivity index (χ1v) is 3.73. The maximum Gasteiger partial charge on any atom is 0.320 e. The SMILES string of the molecule is CC(CCC(N)C(=O)O)C(N)=O. The van der Waals surface area contributed by atoms with Crippen molar-refractivity contribution in [2.24, 2.45) is 17.4 Å². The Bertz CT molecular complexity index is 161. The van der Waals surface area contributed by atoms with Crippen LogP contribution in [0.5, 0.6) is 0 Å². The number of carboxylic acids is 1. The zero-order chi connectivity index (χ0) is 9.72. The van der Waals surface area contributed by atoms with Gasteiger partial charge in [0.05, 0.1) is 0 Å². The fourth-order valence-electron chi connectivity index (χ4n) is 0.695. The lowest BCUT2D eigenvalue weighted by atomic mass is 10.0. The number of primary amides is 1. The van der Waals surface area contributed by atoms with Crippen LogP contribution in [0.4, 0.5) is 0 Å². The van der Waals surface area contributed by atoms with E-state index in [1.807, 2.05) is 0 Å². The summed E-state index contributed by atoms with van der Waals surface area (Å²) in [5.41, 5.74) is 10.2. The van der Waals surface area contributed by atoms with Gasteiger partial charge in [-0.15, -0.1) is 0 Å². The summed E-state index contributed by atoms with van der Waals surface area (Å²) < 4.78 is 0. The normalized spacial score (nSPS) is 15.2. The Morgan fingerprint density at radius 3 is 2.25 bits per heavy atom. The van der Waals surface area contributed by atoms with E-state index in [1.54, 1.807) is 6.92 Å². The third-order valence-electron chi connectivity index (χ3n) is 1.71. The molecule has 2 atom stereocenters. The maximum atomic E-state index is 10.5. The minimum absolute atomic E-state index is 0.277. The molecule has 2 unspecified atom stereocenters. The predicted octanol–water partition coefficient (Wildman–Crippen LogP) is -0.700. The van der Waals surface area contributed by atoms with Crippen LogP contribution in [-0.4, -0.2) is 23.0 Å². The third kappa shape index (κ3) is 3.92. The molecule has 5 N–H and O–H groups in total. The molecule has 0 aromatic rings. The molecule has 0 fully saturated rings. The molecule has 0 radical (unpaired) electrons. The Balaban J connectivity index is 3.68. The maximum absolute atomic E-state index is 10.5. The Kier molecular flexibility index (Phi) is 4.28. The van der Waals surface area contributed by atoms with Crippen LogP contribution in [0, 0.1) is 5.92 Å². The van der Waals surface area contributed by atoms with Crippen LogP contribution in [0.2, 0.25) is 0 Å². The van der Waals surface area contributed by atoms with E-state index >= 15 is 0 Å². The van der Waals surface area contributed by atoms with E-state index in [4.69, 9.17) is 16.6 Å². The van der Waals surface area contributed by atoms with Crippen LogP contribution in [0.1, 0.15) is 19.8 Å². The van der Waals surface area contributed by atoms with Crippen LogP contribution in [0.25, 0.3) is 0 Å². The van der Waals surface area contributed by atoms with Gasteiger partial charge in [-0.25, -0.2) is 0 Å². The predicted molar refractivity (Wildman–Crippen MR) is 43.2 cm³/mol. The zero-order valence-electron chi connectivity index (χ0n) is 6.99. The Hall–Kier alpha value is -1.10. The minimum Gasteiger partial charge on any atom is -0.480 e. The second-order valence-corrected chi connectivity index (χ2v) is 2.83. The van der Waals surface area contributed by atoms with Crippen LogP contribution in [-0.2, 0) is 9.59 Å². The van der Waals surface area contributed by atoms with Gasteiger partial charge in [0, 0.05) is 5.92 Å². The fourth-order valence-corrected chi connectivity index (χ4v) is 0.695. The summed E-state index contributed by atoms with van der Waals surface area (Å²) in [6.07, 6.45) is 0.697. The largest absolute Gasteiger partial charge is 0.480 e. The fraction of sp³-hybridized carbons (Fsp3) is 0.714. The number of amides is 1. The molecular weight excluding hydrogens is 160 g/mol. The molecule has 5 heteroatoms. The van der Waals surface area contributed by atoms with Crippen LogP contribution >= 0.6 is 0 Å². The number of nitrogens with two attached hydrogens (primary N) is 2. The summed E-state index contributed by atoms with van der Waals surface area (Å²) >= 11 is 0. The summed E-state index contributed by atoms with van der Waals surface area (Å²) in [5, 5.41) is 8.39. The lowest BCUT2D eigenvalue weighted by Gasteiger charge is -2.09. The summed E-state index contributed by atoms with van der Waals surface area (Å²) in [6, 6.07) is -0.896. The average molecular weight is 174 g/mol. The summed E-state index contributed by atoms with van der Waals surface area (Å²) in [7, 11) is 0. The van der Waals surface area contributed by atoms with E-state index in [9.17, 15) is 9.59 Å². The second-order valence-electron chi connectivity index (χ2n) is 2.83. The first kappa shape index (κ1) is 10.9. The lowest BCUT2D eigenvalue weighted by molar-refractivity contribution is -0.139. The van der Waals surface area contributed by atoms with Crippen LogP contribution in [0.15, 0.2) is 0 Å². The van der Waals surface area contributed by atoms with Gasteiger partial charge in [-0.3, -0.25) is 9.59 Å². The highest BCUT2D eigenvalue weighted by Gasteiger charge is 2.15. The molecule has 0 aliphatic heterocycles. The summed E-state index contributed by atoms with van der Waals surface area (Å²) in [6.45, 7) is 1.65. The van der Waals surface area contributed by atoms with E-state index in [2.05, 4.69) is 0 Å². The number of hydrogen-bond acceptors (Lipinski definition) is 3. The van der Waals surface area contributed by atoms with Gasteiger partial charge >= 0.3 is 5.97 Å². The Labute approximate surface area is 70.7 Å². The highest BCUT2D eigenvalue weighted by Crippen LogP contribution is 2.06. The van der Waals surface area contributed by atoms with Crippen molar-refractivity contribution in [2.45, 2.75) is 25.8 Å². The molecule has 0 rings (SSSR count). The van der Waals surface area contributed by atoms with Gasteiger partial charge in [0.15, 0.2) is 0 Å². The molecule has 0 bridgehead atoms. The van der Waals surface area contributed by atoms with Crippen molar-refractivity contribution in [3.63, 3.8) is 0 Å². The molecule has 0 spiro atoms. The zero-order valence-corrected chi connectivity index (χ0v) is 6.99. The van der Waals surface area contributed by atoms with Gasteiger partial charge in [0.2, 0.25) is 5.91 Å². The van der Waals surface area contributed by atoms with Crippen molar-refractivity contribution in [1.82, 2.24) is 0 Å². The molecule has 0 aliphatic carbocycles.